The summed E-state index contributed by atoms with van der Waals surface area (Å²) in [6.45, 7) is 0.128. The van der Waals surface area contributed by atoms with E-state index in [-0.39, 0.29) is 24.3 Å². The average molecular weight is 323 g/mol. The number of phenols is 1. The van der Waals surface area contributed by atoms with Crippen molar-refractivity contribution in [2.45, 2.75) is 25.3 Å². The maximum absolute atomic E-state index is 11.8. The number of aliphatic carboxylic acids is 1. The summed E-state index contributed by atoms with van der Waals surface area (Å²) >= 11 is 0. The van der Waals surface area contributed by atoms with Crippen molar-refractivity contribution in [2.75, 3.05) is 13.1 Å². The van der Waals surface area contributed by atoms with Crippen LogP contribution in [-0.2, 0) is 9.59 Å². The summed E-state index contributed by atoms with van der Waals surface area (Å²) < 4.78 is 0. The number of hydrogen-bond donors (Lipinski definition) is 5. The first-order valence-corrected chi connectivity index (χ1v) is 7.23. The van der Waals surface area contributed by atoms with E-state index in [2.05, 4.69) is 10.6 Å². The maximum Gasteiger partial charge on any atom is 0.326 e. The number of unbranched alkanes of at least 4 members (excludes halogenated alkanes) is 1. The molecule has 8 heteroatoms. The molecule has 0 aromatic heterocycles. The third kappa shape index (κ3) is 6.79. The van der Waals surface area contributed by atoms with Crippen molar-refractivity contribution in [3.05, 3.63) is 29.8 Å². The van der Waals surface area contributed by atoms with Crippen molar-refractivity contribution in [2.24, 2.45) is 5.73 Å². The molecule has 0 unspecified atom stereocenters. The molecule has 1 aromatic rings. The molecule has 1 rings (SSSR count). The minimum atomic E-state index is -1.12. The van der Waals surface area contributed by atoms with Crippen LogP contribution in [0.2, 0.25) is 0 Å². The summed E-state index contributed by atoms with van der Waals surface area (Å²) in [7, 11) is 0. The summed E-state index contributed by atoms with van der Waals surface area (Å²) in [5, 5.41) is 22.9. The second kappa shape index (κ2) is 9.42. The van der Waals surface area contributed by atoms with Gasteiger partial charge in [0, 0.05) is 5.56 Å². The SMILES string of the molecule is NCCCC[C@H](NC(=O)CNC(=O)c1ccc(O)cc1)C(=O)O. The first kappa shape index (κ1) is 18.4. The van der Waals surface area contributed by atoms with Crippen LogP contribution in [0.1, 0.15) is 29.6 Å². The van der Waals surface area contributed by atoms with E-state index < -0.39 is 23.8 Å². The third-order valence-electron chi connectivity index (χ3n) is 3.12. The van der Waals surface area contributed by atoms with Gasteiger partial charge in [-0.05, 0) is 50.1 Å². The lowest BCUT2D eigenvalue weighted by Crippen LogP contribution is -2.45. The number of carbonyl (C=O) groups excluding carboxylic acids is 2. The van der Waals surface area contributed by atoms with Gasteiger partial charge in [-0.3, -0.25) is 9.59 Å². The van der Waals surface area contributed by atoms with E-state index in [9.17, 15) is 14.4 Å². The number of aromatic hydroxyl groups is 1. The van der Waals surface area contributed by atoms with E-state index in [1.165, 1.54) is 24.3 Å². The molecule has 0 aliphatic rings. The zero-order valence-corrected chi connectivity index (χ0v) is 12.6. The lowest BCUT2D eigenvalue weighted by Gasteiger charge is -2.14. The van der Waals surface area contributed by atoms with Crippen LogP contribution in [0.15, 0.2) is 24.3 Å². The quantitative estimate of drug-likeness (QED) is 0.399. The standard InChI is InChI=1S/C15H21N3O5/c16-8-2-1-3-12(15(22)23)18-13(20)9-17-14(21)10-4-6-11(19)7-5-10/h4-7,12,19H,1-3,8-9,16H2,(H,17,21)(H,18,20)(H,22,23)/t12-/m0/s1. The highest BCUT2D eigenvalue weighted by Gasteiger charge is 2.19. The molecule has 0 saturated carbocycles. The highest BCUT2D eigenvalue weighted by molar-refractivity contribution is 5.96. The van der Waals surface area contributed by atoms with Crippen molar-refractivity contribution in [1.82, 2.24) is 10.6 Å². The molecule has 1 aromatic carbocycles. The molecule has 8 nitrogen and oxygen atoms in total. The third-order valence-corrected chi connectivity index (χ3v) is 3.12. The topological polar surface area (TPSA) is 142 Å². The van der Waals surface area contributed by atoms with Crippen molar-refractivity contribution in [1.29, 1.82) is 0 Å². The minimum absolute atomic E-state index is 0.0288. The van der Waals surface area contributed by atoms with Crippen molar-refractivity contribution >= 4 is 17.8 Å². The molecule has 0 aliphatic heterocycles. The summed E-state index contributed by atoms with van der Waals surface area (Å²) in [5.41, 5.74) is 5.63. The van der Waals surface area contributed by atoms with E-state index >= 15 is 0 Å². The predicted octanol–water partition coefficient (Wildman–Crippen LogP) is -0.180. The Balaban J connectivity index is 2.43. The monoisotopic (exact) mass is 323 g/mol. The Bertz CT molecular complexity index is 545. The predicted molar refractivity (Wildman–Crippen MR) is 82.9 cm³/mol. The maximum atomic E-state index is 11.8. The number of phenolic OH excluding ortho intramolecular Hbond substituents is 1. The van der Waals surface area contributed by atoms with E-state index in [4.69, 9.17) is 15.9 Å². The highest BCUT2D eigenvalue weighted by Crippen LogP contribution is 2.09. The molecule has 0 radical (unpaired) electrons. The molecule has 1 atom stereocenters. The molecular formula is C15H21N3O5. The van der Waals surface area contributed by atoms with Gasteiger partial charge in [0.1, 0.15) is 11.8 Å². The summed E-state index contributed by atoms with van der Waals surface area (Å²) in [5.74, 6) is -2.17. The van der Waals surface area contributed by atoms with Gasteiger partial charge in [-0.15, -0.1) is 0 Å². The van der Waals surface area contributed by atoms with Crippen molar-refractivity contribution in [3.8, 4) is 5.75 Å². The number of nitrogens with two attached hydrogens (primary N) is 1. The van der Waals surface area contributed by atoms with Crippen LogP contribution >= 0.6 is 0 Å². The Kier molecular flexibility index (Phi) is 7.55. The number of hydrogen-bond acceptors (Lipinski definition) is 5. The number of amides is 2. The highest BCUT2D eigenvalue weighted by atomic mass is 16.4. The van der Waals surface area contributed by atoms with Crippen molar-refractivity contribution in [3.63, 3.8) is 0 Å². The number of carboxylic acid groups (broad SMARTS) is 1. The lowest BCUT2D eigenvalue weighted by atomic mass is 10.1. The molecule has 6 N–H and O–H groups in total. The Morgan fingerprint density at radius 3 is 2.35 bits per heavy atom. The fourth-order valence-electron chi connectivity index (χ4n) is 1.87. The summed E-state index contributed by atoms with van der Waals surface area (Å²) in [6, 6.07) is 4.53. The number of rotatable bonds is 9. The first-order chi connectivity index (χ1) is 10.9. The van der Waals surface area contributed by atoms with Gasteiger partial charge >= 0.3 is 5.97 Å². The largest absolute Gasteiger partial charge is 0.508 e. The normalized spacial score (nSPS) is 11.5. The van der Waals surface area contributed by atoms with Crippen LogP contribution in [0, 0.1) is 0 Å². The average Bonchev–Trinajstić information content (AvgIpc) is 2.52. The first-order valence-electron chi connectivity index (χ1n) is 7.23. The molecule has 0 heterocycles. The van der Waals surface area contributed by atoms with Gasteiger partial charge in [-0.2, -0.15) is 0 Å². The van der Waals surface area contributed by atoms with Crippen LogP contribution in [-0.4, -0.2) is 47.1 Å². The molecular weight excluding hydrogens is 302 g/mol. The molecule has 0 saturated heterocycles. The molecule has 0 aliphatic carbocycles. The summed E-state index contributed by atoms with van der Waals surface area (Å²) in [4.78, 5) is 34.6. The number of nitrogens with one attached hydrogen (secondary N) is 2. The fourth-order valence-corrected chi connectivity index (χ4v) is 1.87. The number of carbonyl (C=O) groups is 3. The van der Waals surface area contributed by atoms with E-state index in [0.717, 1.165) is 0 Å². The van der Waals surface area contributed by atoms with Gasteiger partial charge in [-0.1, -0.05) is 0 Å². The minimum Gasteiger partial charge on any atom is -0.508 e. The van der Waals surface area contributed by atoms with E-state index in [0.29, 0.717) is 19.4 Å². The zero-order chi connectivity index (χ0) is 17.2. The number of carboxylic acids is 1. The molecule has 2 amide bonds. The fraction of sp³-hybridized carbons (Fsp3) is 0.400. The van der Waals surface area contributed by atoms with Crippen molar-refractivity contribution < 1.29 is 24.6 Å². The molecule has 0 spiro atoms. The Morgan fingerprint density at radius 1 is 1.13 bits per heavy atom. The molecule has 126 valence electrons. The molecule has 23 heavy (non-hydrogen) atoms. The van der Waals surface area contributed by atoms with Gasteiger partial charge in [0.15, 0.2) is 0 Å². The van der Waals surface area contributed by atoms with Crippen LogP contribution in [0.5, 0.6) is 5.75 Å². The second-order valence-electron chi connectivity index (χ2n) is 4.97. The number of benzene rings is 1. The lowest BCUT2D eigenvalue weighted by molar-refractivity contribution is -0.141. The van der Waals surface area contributed by atoms with Gasteiger partial charge in [0.25, 0.3) is 5.91 Å². The van der Waals surface area contributed by atoms with Gasteiger partial charge in [0.2, 0.25) is 5.91 Å². The van der Waals surface area contributed by atoms with Crippen LogP contribution in [0.4, 0.5) is 0 Å². The van der Waals surface area contributed by atoms with Crippen LogP contribution < -0.4 is 16.4 Å². The van der Waals surface area contributed by atoms with Gasteiger partial charge < -0.3 is 26.6 Å². The van der Waals surface area contributed by atoms with Gasteiger partial charge in [0.05, 0.1) is 6.54 Å². The van der Waals surface area contributed by atoms with Gasteiger partial charge in [-0.25, -0.2) is 4.79 Å². The van der Waals surface area contributed by atoms with Crippen LogP contribution in [0.3, 0.4) is 0 Å². The zero-order valence-electron chi connectivity index (χ0n) is 12.6. The smallest absolute Gasteiger partial charge is 0.326 e. The van der Waals surface area contributed by atoms with E-state index in [1.807, 2.05) is 0 Å². The molecule has 0 bridgehead atoms. The molecule has 0 fully saturated rings. The van der Waals surface area contributed by atoms with Crippen LogP contribution in [0.25, 0.3) is 0 Å². The Morgan fingerprint density at radius 2 is 1.78 bits per heavy atom. The Labute approximate surface area is 133 Å². The Hall–Kier alpha value is -2.61. The second-order valence-corrected chi connectivity index (χ2v) is 4.97. The van der Waals surface area contributed by atoms with E-state index in [1.54, 1.807) is 0 Å². The summed E-state index contributed by atoms with van der Waals surface area (Å²) in [6.07, 6.45) is 1.55.